The molecule has 0 saturated carbocycles. The summed E-state index contributed by atoms with van der Waals surface area (Å²) in [6, 6.07) is 19.5. The van der Waals surface area contributed by atoms with Crippen molar-refractivity contribution in [3.8, 4) is 5.75 Å². The number of methoxy groups -OCH3 is 1. The molecule has 3 aromatic carbocycles. The number of ether oxygens (including phenoxy) is 2. The first kappa shape index (κ1) is 26.1. The lowest BCUT2D eigenvalue weighted by atomic mass is 9.87. The van der Waals surface area contributed by atoms with Gasteiger partial charge in [0, 0.05) is 17.1 Å². The van der Waals surface area contributed by atoms with Crippen molar-refractivity contribution in [1.82, 2.24) is 5.32 Å². The Balaban J connectivity index is 1.62. The number of rotatable bonds is 8. The van der Waals surface area contributed by atoms with Crippen LogP contribution in [0, 0.1) is 0 Å². The highest BCUT2D eigenvalue weighted by atomic mass is 35.5. The van der Waals surface area contributed by atoms with Gasteiger partial charge in [0.05, 0.1) is 12.7 Å². The number of esters is 1. The largest absolute Gasteiger partial charge is 0.489 e. The van der Waals surface area contributed by atoms with Crippen molar-refractivity contribution >= 4 is 29.2 Å². The molecular weight excluding hydrogens is 464 g/mol. The molecule has 1 atom stereocenters. The summed E-state index contributed by atoms with van der Waals surface area (Å²) in [6.45, 7) is 7.00. The van der Waals surface area contributed by atoms with Crippen LogP contribution >= 0.6 is 11.6 Å². The molecule has 0 fully saturated rings. The number of nitrogens with two attached hydrogens (primary N) is 1. The first-order chi connectivity index (χ1) is 16.6. The molecule has 35 heavy (non-hydrogen) atoms. The Labute approximate surface area is 211 Å². The Morgan fingerprint density at radius 2 is 1.60 bits per heavy atom. The molecule has 184 valence electrons. The van der Waals surface area contributed by atoms with Gasteiger partial charge in [0.25, 0.3) is 5.91 Å². The summed E-state index contributed by atoms with van der Waals surface area (Å²) >= 11 is 5.98. The molecule has 0 unspecified atom stereocenters. The molecule has 3 N–H and O–H groups in total. The molecule has 0 heterocycles. The molecule has 6 nitrogen and oxygen atoms in total. The highest BCUT2D eigenvalue weighted by molar-refractivity contribution is 6.31. The second-order valence-corrected chi connectivity index (χ2v) is 9.80. The molecule has 0 aliphatic rings. The number of anilines is 1. The van der Waals surface area contributed by atoms with Gasteiger partial charge >= 0.3 is 5.97 Å². The summed E-state index contributed by atoms with van der Waals surface area (Å²) in [5.74, 6) is -0.352. The van der Waals surface area contributed by atoms with Gasteiger partial charge in [0.15, 0.2) is 0 Å². The lowest BCUT2D eigenvalue weighted by Crippen LogP contribution is -2.43. The molecule has 0 aromatic heterocycles. The number of benzene rings is 3. The van der Waals surface area contributed by atoms with Crippen LogP contribution in [0.1, 0.15) is 47.8 Å². The number of carbonyl (C=O) groups excluding carboxylic acids is 2. The molecule has 0 radical (unpaired) electrons. The molecule has 1 amide bonds. The second-order valence-electron chi connectivity index (χ2n) is 9.36. The lowest BCUT2D eigenvalue weighted by molar-refractivity contribution is -0.142. The van der Waals surface area contributed by atoms with Crippen molar-refractivity contribution in [3.63, 3.8) is 0 Å². The normalized spacial score (nSPS) is 12.0. The van der Waals surface area contributed by atoms with Gasteiger partial charge < -0.3 is 20.5 Å². The Morgan fingerprint density at radius 3 is 2.20 bits per heavy atom. The minimum atomic E-state index is -0.890. The Kier molecular flexibility index (Phi) is 8.41. The Bertz CT molecular complexity index is 1170. The number of hydrogen-bond donors (Lipinski definition) is 2. The lowest BCUT2D eigenvalue weighted by Gasteiger charge is -2.19. The summed E-state index contributed by atoms with van der Waals surface area (Å²) in [5, 5.41) is 3.07. The molecule has 0 aliphatic carbocycles. The minimum Gasteiger partial charge on any atom is -0.489 e. The van der Waals surface area contributed by atoms with Crippen LogP contribution in [0.25, 0.3) is 0 Å². The zero-order valence-corrected chi connectivity index (χ0v) is 21.2. The third kappa shape index (κ3) is 7.23. The zero-order chi connectivity index (χ0) is 25.6. The predicted octanol–water partition coefficient (Wildman–Crippen LogP) is 5.31. The fraction of sp³-hybridized carbons (Fsp3) is 0.286. The SMILES string of the molecule is COC(=O)[C@H](Cc1ccc(OCc2ccc(C(C)(C)C)cc2)cc1)NC(=O)c1cc(Cl)ccc1N. The third-order valence-electron chi connectivity index (χ3n) is 5.64. The topological polar surface area (TPSA) is 90.6 Å². The predicted molar refractivity (Wildman–Crippen MR) is 139 cm³/mol. The van der Waals surface area contributed by atoms with Crippen molar-refractivity contribution in [2.24, 2.45) is 0 Å². The van der Waals surface area contributed by atoms with Crippen molar-refractivity contribution in [1.29, 1.82) is 0 Å². The van der Waals surface area contributed by atoms with Gasteiger partial charge in [-0.25, -0.2) is 4.79 Å². The quantitative estimate of drug-likeness (QED) is 0.327. The summed E-state index contributed by atoms with van der Waals surface area (Å²) in [7, 11) is 1.28. The van der Waals surface area contributed by atoms with Gasteiger partial charge in [-0.3, -0.25) is 4.79 Å². The van der Waals surface area contributed by atoms with Gasteiger partial charge in [0.1, 0.15) is 18.4 Å². The summed E-state index contributed by atoms with van der Waals surface area (Å²) < 4.78 is 10.8. The van der Waals surface area contributed by atoms with E-state index >= 15 is 0 Å². The highest BCUT2D eigenvalue weighted by Gasteiger charge is 2.24. The van der Waals surface area contributed by atoms with E-state index < -0.39 is 17.9 Å². The van der Waals surface area contributed by atoms with E-state index in [1.807, 2.05) is 24.3 Å². The van der Waals surface area contributed by atoms with E-state index in [0.717, 1.165) is 11.1 Å². The van der Waals surface area contributed by atoms with Crippen molar-refractivity contribution in [2.75, 3.05) is 12.8 Å². The average Bonchev–Trinajstić information content (AvgIpc) is 2.83. The molecule has 0 spiro atoms. The average molecular weight is 495 g/mol. The second kappa shape index (κ2) is 11.3. The number of nitrogens with one attached hydrogen (secondary N) is 1. The molecule has 3 rings (SSSR count). The number of carbonyl (C=O) groups is 2. The molecule has 7 heteroatoms. The first-order valence-electron chi connectivity index (χ1n) is 11.3. The van der Waals surface area contributed by atoms with Gasteiger partial charge in [-0.1, -0.05) is 68.8 Å². The van der Waals surface area contributed by atoms with Crippen molar-refractivity contribution in [3.05, 3.63) is 94.0 Å². The van der Waals surface area contributed by atoms with Gasteiger partial charge in [0.2, 0.25) is 0 Å². The first-order valence-corrected chi connectivity index (χ1v) is 11.7. The number of amides is 1. The molecule has 0 saturated heterocycles. The van der Waals surface area contributed by atoms with Gasteiger partial charge in [-0.05, 0) is 52.4 Å². The van der Waals surface area contributed by atoms with Crippen molar-refractivity contribution < 1.29 is 19.1 Å². The minimum absolute atomic E-state index is 0.109. The van der Waals surface area contributed by atoms with Crippen LogP contribution in [0.2, 0.25) is 5.02 Å². The van der Waals surface area contributed by atoms with Crippen LogP contribution < -0.4 is 15.8 Å². The fourth-order valence-corrected chi connectivity index (χ4v) is 3.69. The van der Waals surface area contributed by atoms with Crippen LogP contribution in [0.15, 0.2) is 66.7 Å². The highest BCUT2D eigenvalue weighted by Crippen LogP contribution is 2.23. The van der Waals surface area contributed by atoms with E-state index in [4.69, 9.17) is 26.8 Å². The van der Waals surface area contributed by atoms with Crippen molar-refractivity contribution in [2.45, 2.75) is 45.3 Å². The monoisotopic (exact) mass is 494 g/mol. The Morgan fingerprint density at radius 1 is 0.971 bits per heavy atom. The van der Waals surface area contributed by atoms with Crippen LogP contribution in [0.3, 0.4) is 0 Å². The van der Waals surface area contributed by atoms with E-state index in [0.29, 0.717) is 17.4 Å². The van der Waals surface area contributed by atoms with Crippen LogP contribution in [0.5, 0.6) is 5.75 Å². The van der Waals surface area contributed by atoms with E-state index in [1.54, 1.807) is 12.1 Å². The number of nitrogen functional groups attached to an aromatic ring is 1. The summed E-state index contributed by atoms with van der Waals surface area (Å²) in [4.78, 5) is 25.0. The molecule has 0 aliphatic heterocycles. The molecule has 0 bridgehead atoms. The van der Waals surface area contributed by atoms with Crippen LogP contribution in [-0.4, -0.2) is 25.0 Å². The maximum atomic E-state index is 12.7. The summed E-state index contributed by atoms with van der Waals surface area (Å²) in [5.41, 5.74) is 9.66. The summed E-state index contributed by atoms with van der Waals surface area (Å²) in [6.07, 6.45) is 0.243. The smallest absolute Gasteiger partial charge is 0.328 e. The maximum absolute atomic E-state index is 12.7. The molecule has 3 aromatic rings. The van der Waals surface area contributed by atoms with Gasteiger partial charge in [-0.2, -0.15) is 0 Å². The Hall–Kier alpha value is -3.51. The van der Waals surface area contributed by atoms with Crippen LogP contribution in [-0.2, 0) is 28.0 Å². The van der Waals surface area contributed by atoms with Crippen LogP contribution in [0.4, 0.5) is 5.69 Å². The maximum Gasteiger partial charge on any atom is 0.328 e. The van der Waals surface area contributed by atoms with E-state index in [-0.39, 0.29) is 23.1 Å². The number of halogens is 1. The van der Waals surface area contributed by atoms with E-state index in [1.165, 1.54) is 18.7 Å². The standard InChI is InChI=1S/C28H31ClN2O4/c1-28(2,3)20-9-5-19(6-10-20)17-35-22-12-7-18(8-13-22)15-25(27(33)34-4)31-26(32)23-16-21(29)11-14-24(23)30/h5-14,16,25H,15,17,30H2,1-4H3,(H,31,32)/t25-/m0/s1. The van der Waals surface area contributed by atoms with E-state index in [2.05, 4.69) is 50.4 Å². The molecular formula is C28H31ClN2O4. The zero-order valence-electron chi connectivity index (χ0n) is 20.4. The third-order valence-corrected chi connectivity index (χ3v) is 5.87. The fourth-order valence-electron chi connectivity index (χ4n) is 3.52. The number of hydrogen-bond acceptors (Lipinski definition) is 5. The van der Waals surface area contributed by atoms with Gasteiger partial charge in [-0.15, -0.1) is 0 Å². The van der Waals surface area contributed by atoms with E-state index in [9.17, 15) is 9.59 Å².